The Hall–Kier alpha value is -2.73. The van der Waals surface area contributed by atoms with Crippen molar-refractivity contribution in [1.82, 2.24) is 10.2 Å². The molecular formula is C20H21ClN2O4. The first kappa shape index (κ1) is 19.0. The second-order valence-corrected chi connectivity index (χ2v) is 6.60. The van der Waals surface area contributed by atoms with Gasteiger partial charge in [0.25, 0.3) is 11.8 Å². The third-order valence-electron chi connectivity index (χ3n) is 4.31. The summed E-state index contributed by atoms with van der Waals surface area (Å²) in [6.45, 7) is 1.01. The van der Waals surface area contributed by atoms with Crippen molar-refractivity contribution in [1.29, 1.82) is 0 Å². The Morgan fingerprint density at radius 1 is 1.22 bits per heavy atom. The zero-order chi connectivity index (χ0) is 19.2. The van der Waals surface area contributed by atoms with Crippen LogP contribution in [0.25, 0.3) is 0 Å². The third-order valence-corrected chi connectivity index (χ3v) is 4.63. The number of carbonyl (C=O) groups is 2. The molecule has 0 aromatic heterocycles. The maximum absolute atomic E-state index is 12.4. The van der Waals surface area contributed by atoms with Gasteiger partial charge < -0.3 is 19.7 Å². The molecule has 0 saturated carbocycles. The molecule has 3 rings (SSSR count). The molecule has 6 nitrogen and oxygen atoms in total. The summed E-state index contributed by atoms with van der Waals surface area (Å²) in [6, 6.07) is 14.0. The lowest BCUT2D eigenvalue weighted by molar-refractivity contribution is -0.132. The smallest absolute Gasteiger partial charge is 0.260 e. The van der Waals surface area contributed by atoms with Gasteiger partial charge in [0.15, 0.2) is 6.61 Å². The van der Waals surface area contributed by atoms with Crippen molar-refractivity contribution in [3.05, 3.63) is 59.1 Å². The number of ether oxygens (including phenoxy) is 2. The highest BCUT2D eigenvalue weighted by Gasteiger charge is 2.28. The number of nitrogens with one attached hydrogen (secondary N) is 1. The number of para-hydroxylation sites is 1. The van der Waals surface area contributed by atoms with Gasteiger partial charge in [-0.1, -0.05) is 29.8 Å². The molecule has 0 aliphatic carbocycles. The summed E-state index contributed by atoms with van der Waals surface area (Å²) >= 11 is 6.11. The van der Waals surface area contributed by atoms with E-state index in [-0.39, 0.29) is 24.5 Å². The van der Waals surface area contributed by atoms with Crippen molar-refractivity contribution in [3.63, 3.8) is 0 Å². The Bertz CT molecular complexity index is 827. The van der Waals surface area contributed by atoms with Crippen molar-refractivity contribution < 1.29 is 19.1 Å². The fourth-order valence-corrected chi connectivity index (χ4v) is 3.06. The molecule has 0 bridgehead atoms. The molecule has 1 aliphatic heterocycles. The number of halogens is 1. The predicted octanol–water partition coefficient (Wildman–Crippen LogP) is 2.76. The normalized spacial score (nSPS) is 16.1. The molecule has 7 heteroatoms. The minimum absolute atomic E-state index is 0.0873. The van der Waals surface area contributed by atoms with Crippen molar-refractivity contribution in [2.75, 3.05) is 26.7 Å². The SMILES string of the molecule is CNC(=O)c1cccc(OCC(=O)N2CCC(Oc3ccccc3Cl)C2)c1. The average molecular weight is 389 g/mol. The average Bonchev–Trinajstić information content (AvgIpc) is 3.16. The summed E-state index contributed by atoms with van der Waals surface area (Å²) in [5, 5.41) is 3.11. The molecule has 2 aromatic rings. The number of hydrogen-bond acceptors (Lipinski definition) is 4. The first-order valence-electron chi connectivity index (χ1n) is 8.70. The number of nitrogens with zero attached hydrogens (tertiary/aromatic N) is 1. The van der Waals surface area contributed by atoms with Crippen LogP contribution in [0.4, 0.5) is 0 Å². The second kappa shape index (κ2) is 8.77. The van der Waals surface area contributed by atoms with Gasteiger partial charge in [0, 0.05) is 25.6 Å². The first-order valence-corrected chi connectivity index (χ1v) is 9.08. The van der Waals surface area contributed by atoms with Crippen LogP contribution in [0, 0.1) is 0 Å². The molecule has 27 heavy (non-hydrogen) atoms. The zero-order valence-corrected chi connectivity index (χ0v) is 15.7. The monoisotopic (exact) mass is 388 g/mol. The van der Waals surface area contributed by atoms with Crippen LogP contribution >= 0.6 is 11.6 Å². The van der Waals surface area contributed by atoms with Crippen molar-refractivity contribution in [2.45, 2.75) is 12.5 Å². The number of benzene rings is 2. The molecule has 2 aromatic carbocycles. The molecule has 1 atom stereocenters. The van der Waals surface area contributed by atoms with Gasteiger partial charge in [-0.15, -0.1) is 0 Å². The van der Waals surface area contributed by atoms with Gasteiger partial charge >= 0.3 is 0 Å². The van der Waals surface area contributed by atoms with Gasteiger partial charge in [0.05, 0.1) is 11.6 Å². The van der Waals surface area contributed by atoms with E-state index in [9.17, 15) is 9.59 Å². The van der Waals surface area contributed by atoms with Crippen LogP contribution in [0.3, 0.4) is 0 Å². The summed E-state index contributed by atoms with van der Waals surface area (Å²) < 4.78 is 11.4. The van der Waals surface area contributed by atoms with E-state index in [2.05, 4.69) is 5.32 Å². The molecule has 1 N–H and O–H groups in total. The molecule has 1 unspecified atom stereocenters. The molecule has 0 radical (unpaired) electrons. The lowest BCUT2D eigenvalue weighted by Crippen LogP contribution is -2.34. The summed E-state index contributed by atoms with van der Waals surface area (Å²) in [6.07, 6.45) is 0.647. The van der Waals surface area contributed by atoms with Gasteiger partial charge in [0.1, 0.15) is 17.6 Å². The molecule has 142 valence electrons. The van der Waals surface area contributed by atoms with E-state index in [1.807, 2.05) is 18.2 Å². The highest BCUT2D eigenvalue weighted by Crippen LogP contribution is 2.26. The highest BCUT2D eigenvalue weighted by atomic mass is 35.5. The van der Waals surface area contributed by atoms with E-state index in [4.69, 9.17) is 21.1 Å². The molecule has 1 saturated heterocycles. The van der Waals surface area contributed by atoms with E-state index < -0.39 is 0 Å². The first-order chi connectivity index (χ1) is 13.1. The van der Waals surface area contributed by atoms with E-state index in [0.29, 0.717) is 35.2 Å². The lowest BCUT2D eigenvalue weighted by atomic mass is 10.2. The van der Waals surface area contributed by atoms with Crippen molar-refractivity contribution >= 4 is 23.4 Å². The number of likely N-dealkylation sites (tertiary alicyclic amines) is 1. The van der Waals surface area contributed by atoms with Gasteiger partial charge in [-0.3, -0.25) is 9.59 Å². The number of amides is 2. The summed E-state index contributed by atoms with van der Waals surface area (Å²) in [7, 11) is 1.56. The van der Waals surface area contributed by atoms with Crippen LogP contribution in [0.15, 0.2) is 48.5 Å². The lowest BCUT2D eigenvalue weighted by Gasteiger charge is -2.18. The van der Waals surface area contributed by atoms with Crippen molar-refractivity contribution in [2.24, 2.45) is 0 Å². The van der Waals surface area contributed by atoms with Crippen LogP contribution < -0.4 is 14.8 Å². The molecule has 1 fully saturated rings. The third kappa shape index (κ3) is 4.92. The minimum Gasteiger partial charge on any atom is -0.487 e. The van der Waals surface area contributed by atoms with E-state index in [1.54, 1.807) is 42.3 Å². The molecular weight excluding hydrogens is 368 g/mol. The maximum atomic E-state index is 12.4. The van der Waals surface area contributed by atoms with Crippen LogP contribution in [0.5, 0.6) is 11.5 Å². The Morgan fingerprint density at radius 3 is 2.81 bits per heavy atom. The topological polar surface area (TPSA) is 67.9 Å². The minimum atomic E-state index is -0.203. The summed E-state index contributed by atoms with van der Waals surface area (Å²) in [5.74, 6) is 0.782. The predicted molar refractivity (Wildman–Crippen MR) is 102 cm³/mol. The van der Waals surface area contributed by atoms with Crippen LogP contribution in [-0.2, 0) is 4.79 Å². The molecule has 1 aliphatic rings. The van der Waals surface area contributed by atoms with E-state index in [1.165, 1.54) is 0 Å². The Morgan fingerprint density at radius 2 is 2.04 bits per heavy atom. The fourth-order valence-electron chi connectivity index (χ4n) is 2.88. The molecule has 1 heterocycles. The maximum Gasteiger partial charge on any atom is 0.260 e. The van der Waals surface area contributed by atoms with E-state index in [0.717, 1.165) is 6.42 Å². The van der Waals surface area contributed by atoms with Gasteiger partial charge in [-0.25, -0.2) is 0 Å². The van der Waals surface area contributed by atoms with Gasteiger partial charge in [0.2, 0.25) is 0 Å². The van der Waals surface area contributed by atoms with Gasteiger partial charge in [-0.05, 0) is 30.3 Å². The van der Waals surface area contributed by atoms with Crippen LogP contribution in [-0.4, -0.2) is 49.6 Å². The quantitative estimate of drug-likeness (QED) is 0.826. The van der Waals surface area contributed by atoms with Crippen LogP contribution in [0.2, 0.25) is 5.02 Å². The summed E-state index contributed by atoms with van der Waals surface area (Å²) in [5.41, 5.74) is 0.483. The Labute approximate surface area is 163 Å². The fraction of sp³-hybridized carbons (Fsp3) is 0.300. The van der Waals surface area contributed by atoms with Crippen molar-refractivity contribution in [3.8, 4) is 11.5 Å². The second-order valence-electron chi connectivity index (χ2n) is 6.19. The Balaban J connectivity index is 1.51. The Kier molecular flexibility index (Phi) is 6.19. The highest BCUT2D eigenvalue weighted by molar-refractivity contribution is 6.32. The largest absolute Gasteiger partial charge is 0.487 e. The zero-order valence-electron chi connectivity index (χ0n) is 15.0. The molecule has 0 spiro atoms. The number of carbonyl (C=O) groups excluding carboxylic acids is 2. The summed E-state index contributed by atoms with van der Waals surface area (Å²) in [4.78, 5) is 25.8. The van der Waals surface area contributed by atoms with Gasteiger partial charge in [-0.2, -0.15) is 0 Å². The van der Waals surface area contributed by atoms with Crippen LogP contribution in [0.1, 0.15) is 16.8 Å². The number of hydrogen-bond donors (Lipinski definition) is 1. The number of rotatable bonds is 6. The molecule has 2 amide bonds. The van der Waals surface area contributed by atoms with E-state index >= 15 is 0 Å². The standard InChI is InChI=1S/C20H21ClN2O4/c1-22-20(25)14-5-4-6-15(11-14)26-13-19(24)23-10-9-16(12-23)27-18-8-3-2-7-17(18)21/h2-8,11,16H,9-10,12-13H2,1H3,(H,22,25).